The zero-order chi connectivity index (χ0) is 16.9. The van der Waals surface area contributed by atoms with E-state index in [1.807, 2.05) is 13.1 Å². The predicted molar refractivity (Wildman–Crippen MR) is 90.7 cm³/mol. The molecule has 0 saturated carbocycles. The van der Waals surface area contributed by atoms with Crippen LogP contribution in [-0.2, 0) is 17.8 Å². The van der Waals surface area contributed by atoms with Gasteiger partial charge >= 0.3 is 0 Å². The first kappa shape index (κ1) is 17.8. The van der Waals surface area contributed by atoms with Crippen LogP contribution in [0.5, 0.6) is 0 Å². The Balaban J connectivity index is 1.59. The van der Waals surface area contributed by atoms with E-state index in [-0.39, 0.29) is 12.7 Å². The lowest BCUT2D eigenvalue weighted by Gasteiger charge is -2.33. The summed E-state index contributed by atoms with van der Waals surface area (Å²) in [4.78, 5) is 4.76. The molecule has 3 rings (SSSR count). The Morgan fingerprint density at radius 2 is 2.04 bits per heavy atom. The summed E-state index contributed by atoms with van der Waals surface area (Å²) in [6.07, 6.45) is 3.83. The molecule has 1 atom stereocenters. The maximum atomic E-state index is 10.4. The topological polar surface area (TPSA) is 74.0 Å². The van der Waals surface area contributed by atoms with Crippen molar-refractivity contribution in [3.63, 3.8) is 0 Å². The summed E-state index contributed by atoms with van der Waals surface area (Å²) in [7, 11) is 0. The molecule has 0 aromatic carbocycles. The van der Waals surface area contributed by atoms with E-state index in [0.29, 0.717) is 19.1 Å². The van der Waals surface area contributed by atoms with E-state index >= 15 is 0 Å². The lowest BCUT2D eigenvalue weighted by molar-refractivity contribution is 0.0217. The van der Waals surface area contributed by atoms with E-state index in [4.69, 9.17) is 9.84 Å². The third kappa shape index (κ3) is 4.55. The van der Waals surface area contributed by atoms with E-state index in [0.717, 1.165) is 57.9 Å². The van der Waals surface area contributed by atoms with Gasteiger partial charge in [-0.3, -0.25) is 14.5 Å². The van der Waals surface area contributed by atoms with Crippen LogP contribution in [0, 0.1) is 6.92 Å². The van der Waals surface area contributed by atoms with E-state index in [1.165, 1.54) is 5.56 Å². The molecule has 0 bridgehead atoms. The Hall–Kier alpha value is -0.990. The molecule has 2 aliphatic rings. The summed E-state index contributed by atoms with van der Waals surface area (Å²) in [5.41, 5.74) is 2.18. The maximum absolute atomic E-state index is 10.4. The Kier molecular flexibility index (Phi) is 6.24. The van der Waals surface area contributed by atoms with Crippen LogP contribution in [0.15, 0.2) is 6.20 Å². The van der Waals surface area contributed by atoms with Crippen LogP contribution in [0.4, 0.5) is 0 Å². The molecule has 2 fully saturated rings. The molecule has 2 saturated heterocycles. The number of aliphatic hydroxyl groups is 2. The summed E-state index contributed by atoms with van der Waals surface area (Å²) in [5, 5.41) is 23.9. The van der Waals surface area contributed by atoms with Crippen LogP contribution in [0.3, 0.4) is 0 Å². The molecule has 0 aliphatic carbocycles. The number of hydrogen-bond donors (Lipinski definition) is 2. The van der Waals surface area contributed by atoms with Crippen LogP contribution < -0.4 is 0 Å². The summed E-state index contributed by atoms with van der Waals surface area (Å²) >= 11 is 0. The van der Waals surface area contributed by atoms with Crippen LogP contribution in [-0.4, -0.2) is 87.9 Å². The van der Waals surface area contributed by atoms with Gasteiger partial charge in [-0.05, 0) is 19.8 Å². The average Bonchev–Trinajstić information content (AvgIpc) is 2.80. The monoisotopic (exact) mass is 338 g/mol. The molecule has 0 amide bonds. The molecule has 136 valence electrons. The van der Waals surface area contributed by atoms with Gasteiger partial charge in [-0.2, -0.15) is 5.10 Å². The molecule has 0 unspecified atom stereocenters. The molecule has 7 nitrogen and oxygen atoms in total. The Labute approximate surface area is 143 Å². The predicted octanol–water partition coefficient (Wildman–Crippen LogP) is -0.159. The van der Waals surface area contributed by atoms with Gasteiger partial charge in [0.1, 0.15) is 0 Å². The first-order chi connectivity index (χ1) is 11.7. The van der Waals surface area contributed by atoms with Crippen molar-refractivity contribution in [1.29, 1.82) is 0 Å². The number of aliphatic hydroxyl groups excluding tert-OH is 2. The minimum Gasteiger partial charge on any atom is -0.394 e. The van der Waals surface area contributed by atoms with E-state index in [9.17, 15) is 5.11 Å². The number of hydrogen-bond acceptors (Lipinski definition) is 6. The molecule has 1 aromatic rings. The van der Waals surface area contributed by atoms with E-state index in [2.05, 4.69) is 14.9 Å². The van der Waals surface area contributed by atoms with Gasteiger partial charge < -0.3 is 14.9 Å². The van der Waals surface area contributed by atoms with Gasteiger partial charge in [-0.1, -0.05) is 0 Å². The second kappa shape index (κ2) is 8.40. The minimum absolute atomic E-state index is 0.100. The first-order valence-corrected chi connectivity index (χ1v) is 9.01. The third-order valence-electron chi connectivity index (χ3n) is 5.10. The van der Waals surface area contributed by atoms with Gasteiger partial charge in [-0.25, -0.2) is 0 Å². The highest BCUT2D eigenvalue weighted by Gasteiger charge is 2.27. The highest BCUT2D eigenvalue weighted by Crippen LogP contribution is 2.18. The fourth-order valence-corrected chi connectivity index (χ4v) is 3.78. The van der Waals surface area contributed by atoms with Crippen LogP contribution in [0.2, 0.25) is 0 Å². The number of aromatic nitrogens is 2. The molecule has 7 heteroatoms. The second-order valence-corrected chi connectivity index (χ2v) is 6.95. The molecular formula is C17H30N4O3. The van der Waals surface area contributed by atoms with Crippen molar-refractivity contribution in [2.75, 3.05) is 46.0 Å². The molecular weight excluding hydrogens is 308 g/mol. The first-order valence-electron chi connectivity index (χ1n) is 9.01. The van der Waals surface area contributed by atoms with Crippen LogP contribution in [0.25, 0.3) is 0 Å². The fraction of sp³-hybridized carbons (Fsp3) is 0.824. The molecule has 1 aromatic heterocycles. The van der Waals surface area contributed by atoms with E-state index in [1.54, 1.807) is 4.68 Å². The zero-order valence-corrected chi connectivity index (χ0v) is 14.6. The quantitative estimate of drug-likeness (QED) is 0.777. The van der Waals surface area contributed by atoms with Crippen LogP contribution in [0.1, 0.15) is 24.1 Å². The minimum atomic E-state index is -0.317. The third-order valence-corrected chi connectivity index (χ3v) is 5.10. The standard InChI is InChI=1S/C17H30N4O3/c1-14-15(11-21(18-14)6-7-22)10-19-4-5-20(13-17(23)12-19)16-2-8-24-9-3-16/h11,16-17,22-23H,2-10,12-13H2,1H3/t17-/m1/s1. The van der Waals surface area contributed by atoms with E-state index < -0.39 is 0 Å². The Bertz CT molecular complexity index is 516. The largest absolute Gasteiger partial charge is 0.394 e. The molecule has 3 heterocycles. The Morgan fingerprint density at radius 1 is 1.25 bits per heavy atom. The lowest BCUT2D eigenvalue weighted by atomic mass is 10.1. The number of β-amino-alcohol motifs (C(OH)–C–C–N with tert-alkyl or cyclic N) is 1. The van der Waals surface area contributed by atoms with Crippen molar-refractivity contribution in [2.45, 2.75) is 45.0 Å². The zero-order valence-electron chi connectivity index (χ0n) is 14.6. The van der Waals surface area contributed by atoms with Gasteiger partial charge in [-0.15, -0.1) is 0 Å². The van der Waals surface area contributed by atoms with Crippen molar-refractivity contribution < 1.29 is 14.9 Å². The molecule has 24 heavy (non-hydrogen) atoms. The fourth-order valence-electron chi connectivity index (χ4n) is 3.78. The van der Waals surface area contributed by atoms with Crippen molar-refractivity contribution >= 4 is 0 Å². The molecule has 2 N–H and O–H groups in total. The molecule has 0 radical (unpaired) electrons. The number of ether oxygens (including phenoxy) is 1. The lowest BCUT2D eigenvalue weighted by Crippen LogP contribution is -2.43. The highest BCUT2D eigenvalue weighted by molar-refractivity contribution is 5.15. The summed E-state index contributed by atoms with van der Waals surface area (Å²) < 4.78 is 7.26. The van der Waals surface area contributed by atoms with Crippen molar-refractivity contribution in [1.82, 2.24) is 19.6 Å². The number of nitrogens with zero attached hydrogens (tertiary/aromatic N) is 4. The second-order valence-electron chi connectivity index (χ2n) is 6.95. The smallest absolute Gasteiger partial charge is 0.0794 e. The maximum Gasteiger partial charge on any atom is 0.0794 e. The number of aryl methyl sites for hydroxylation is 1. The molecule has 2 aliphatic heterocycles. The van der Waals surface area contributed by atoms with Crippen molar-refractivity contribution in [3.05, 3.63) is 17.5 Å². The summed E-state index contributed by atoms with van der Waals surface area (Å²) in [6, 6.07) is 0.544. The van der Waals surface area contributed by atoms with Gasteiger partial charge in [0.05, 0.1) is 24.9 Å². The van der Waals surface area contributed by atoms with Crippen LogP contribution >= 0.6 is 0 Å². The Morgan fingerprint density at radius 3 is 2.79 bits per heavy atom. The SMILES string of the molecule is Cc1nn(CCO)cc1CN1CCN(C2CCOCC2)C[C@H](O)C1. The molecule has 0 spiro atoms. The van der Waals surface area contributed by atoms with Gasteiger partial charge in [0.2, 0.25) is 0 Å². The van der Waals surface area contributed by atoms with Gasteiger partial charge in [0.25, 0.3) is 0 Å². The highest BCUT2D eigenvalue weighted by atomic mass is 16.5. The normalized spacial score (nSPS) is 25.0. The van der Waals surface area contributed by atoms with Crippen molar-refractivity contribution in [2.24, 2.45) is 0 Å². The van der Waals surface area contributed by atoms with Gasteiger partial charge in [0, 0.05) is 63.7 Å². The summed E-state index contributed by atoms with van der Waals surface area (Å²) in [5.74, 6) is 0. The van der Waals surface area contributed by atoms with Crippen molar-refractivity contribution in [3.8, 4) is 0 Å². The number of rotatable bonds is 5. The van der Waals surface area contributed by atoms with Gasteiger partial charge in [0.15, 0.2) is 0 Å². The summed E-state index contributed by atoms with van der Waals surface area (Å²) in [6.45, 7) is 8.51. The average molecular weight is 338 g/mol.